The topological polar surface area (TPSA) is 63.9 Å². The van der Waals surface area contributed by atoms with E-state index in [1.807, 2.05) is 6.07 Å². The molecule has 0 aliphatic carbocycles. The Balaban J connectivity index is 1.07. The van der Waals surface area contributed by atoms with E-state index in [9.17, 15) is 4.39 Å². The minimum atomic E-state index is -0.111. The quantitative estimate of drug-likeness (QED) is 0.720. The lowest BCUT2D eigenvalue weighted by Crippen LogP contribution is -2.62. The molecule has 5 heterocycles. The van der Waals surface area contributed by atoms with Gasteiger partial charge in [0.1, 0.15) is 11.4 Å². The molecule has 7 nitrogen and oxygen atoms in total. The van der Waals surface area contributed by atoms with Gasteiger partial charge >= 0.3 is 6.01 Å². The SMILES string of the molecule is Fc1ccc(C2CCOCC2)c(C2CCN(C3COC4(C3)CN(c3nnco3)C4)CC2)c1. The molecule has 0 radical (unpaired) electrons. The minimum absolute atomic E-state index is 0.0746. The van der Waals surface area contributed by atoms with Crippen molar-refractivity contribution in [2.75, 3.05) is 50.9 Å². The Kier molecular flexibility index (Phi) is 5.39. The van der Waals surface area contributed by atoms with E-state index in [0.717, 1.165) is 78.1 Å². The summed E-state index contributed by atoms with van der Waals surface area (Å²) in [7, 11) is 0. The number of likely N-dealkylation sites (tertiary alicyclic amines) is 1. The zero-order valence-corrected chi connectivity index (χ0v) is 18.4. The minimum Gasteiger partial charge on any atom is -0.411 e. The van der Waals surface area contributed by atoms with Crippen molar-refractivity contribution in [3.8, 4) is 0 Å². The average Bonchev–Trinajstić information content (AvgIpc) is 3.49. The number of aromatic nitrogens is 2. The molecule has 1 atom stereocenters. The molecule has 4 aliphatic heterocycles. The fraction of sp³-hybridized carbons (Fsp3) is 0.667. The Labute approximate surface area is 187 Å². The maximum Gasteiger partial charge on any atom is 0.318 e. The molecule has 1 unspecified atom stereocenters. The number of hydrogen-bond acceptors (Lipinski definition) is 7. The van der Waals surface area contributed by atoms with Crippen molar-refractivity contribution >= 4 is 6.01 Å². The summed E-state index contributed by atoms with van der Waals surface area (Å²) in [5.41, 5.74) is 2.52. The molecule has 4 saturated heterocycles. The van der Waals surface area contributed by atoms with Gasteiger partial charge in [-0.3, -0.25) is 4.90 Å². The summed E-state index contributed by atoms with van der Waals surface area (Å²) in [4.78, 5) is 4.68. The second-order valence-electron chi connectivity index (χ2n) is 9.90. The van der Waals surface area contributed by atoms with Crippen molar-refractivity contribution in [2.45, 2.75) is 55.6 Å². The number of benzene rings is 1. The second-order valence-corrected chi connectivity index (χ2v) is 9.90. The van der Waals surface area contributed by atoms with Crippen molar-refractivity contribution in [1.29, 1.82) is 0 Å². The third-order valence-corrected chi connectivity index (χ3v) is 7.96. The molecule has 0 saturated carbocycles. The lowest BCUT2D eigenvalue weighted by atomic mass is 9.80. The van der Waals surface area contributed by atoms with Crippen LogP contribution in [0.5, 0.6) is 0 Å². The summed E-state index contributed by atoms with van der Waals surface area (Å²) >= 11 is 0. The molecule has 0 N–H and O–H groups in total. The number of rotatable bonds is 4. The molecule has 1 aromatic carbocycles. The van der Waals surface area contributed by atoms with Gasteiger partial charge in [-0.15, -0.1) is 5.10 Å². The van der Waals surface area contributed by atoms with Gasteiger partial charge < -0.3 is 18.8 Å². The first kappa shape index (κ1) is 20.6. The lowest BCUT2D eigenvalue weighted by molar-refractivity contribution is -0.0216. The monoisotopic (exact) mass is 442 g/mol. The zero-order chi connectivity index (χ0) is 21.5. The van der Waals surface area contributed by atoms with Crippen LogP contribution in [-0.4, -0.2) is 72.7 Å². The molecule has 0 amide bonds. The van der Waals surface area contributed by atoms with Crippen molar-refractivity contribution in [3.05, 3.63) is 41.5 Å². The Morgan fingerprint density at radius 2 is 1.78 bits per heavy atom. The third-order valence-electron chi connectivity index (χ3n) is 7.96. The smallest absolute Gasteiger partial charge is 0.318 e. The fourth-order valence-electron chi connectivity index (χ4n) is 6.22. The number of anilines is 1. The maximum absolute atomic E-state index is 14.2. The van der Waals surface area contributed by atoms with E-state index in [0.29, 0.717) is 23.9 Å². The first-order chi connectivity index (χ1) is 15.7. The summed E-state index contributed by atoms with van der Waals surface area (Å²) in [6.07, 6.45) is 6.66. The standard InChI is InChI=1S/C24H31FN4O3/c25-19-1-2-21(18-5-9-30-10-6-18)22(11-19)17-3-7-28(8-4-17)20-12-24(32-13-20)14-29(15-24)23-27-26-16-31-23/h1-2,11,16-18,20H,3-10,12-15H2. The Morgan fingerprint density at radius 3 is 2.53 bits per heavy atom. The van der Waals surface area contributed by atoms with E-state index in [1.54, 1.807) is 12.1 Å². The molecule has 6 rings (SSSR count). The summed E-state index contributed by atoms with van der Waals surface area (Å²) in [6, 6.07) is 6.52. The number of hydrogen-bond donors (Lipinski definition) is 0. The normalized spacial score (nSPS) is 27.2. The van der Waals surface area contributed by atoms with E-state index >= 15 is 0 Å². The molecular weight excluding hydrogens is 411 g/mol. The largest absolute Gasteiger partial charge is 0.411 e. The van der Waals surface area contributed by atoms with Crippen LogP contribution in [0.3, 0.4) is 0 Å². The van der Waals surface area contributed by atoms with Gasteiger partial charge in [-0.1, -0.05) is 11.2 Å². The van der Waals surface area contributed by atoms with E-state index in [4.69, 9.17) is 13.9 Å². The van der Waals surface area contributed by atoms with Crippen LogP contribution in [0, 0.1) is 5.82 Å². The number of ether oxygens (including phenoxy) is 2. The Morgan fingerprint density at radius 1 is 1.00 bits per heavy atom. The van der Waals surface area contributed by atoms with Gasteiger partial charge in [0.2, 0.25) is 6.39 Å². The first-order valence-corrected chi connectivity index (χ1v) is 12.0. The third kappa shape index (κ3) is 3.82. The van der Waals surface area contributed by atoms with Gasteiger partial charge in [-0.2, -0.15) is 0 Å². The average molecular weight is 443 g/mol. The van der Waals surface area contributed by atoms with Crippen LogP contribution >= 0.6 is 0 Å². The van der Waals surface area contributed by atoms with Crippen LogP contribution < -0.4 is 4.90 Å². The number of nitrogens with zero attached hydrogens (tertiary/aromatic N) is 4. The second kappa shape index (κ2) is 8.39. The highest BCUT2D eigenvalue weighted by molar-refractivity contribution is 5.36. The van der Waals surface area contributed by atoms with Gasteiger partial charge in [-0.05, 0) is 80.3 Å². The highest BCUT2D eigenvalue weighted by atomic mass is 19.1. The van der Waals surface area contributed by atoms with E-state index < -0.39 is 0 Å². The first-order valence-electron chi connectivity index (χ1n) is 12.0. The summed E-state index contributed by atoms with van der Waals surface area (Å²) in [5, 5.41) is 7.76. The van der Waals surface area contributed by atoms with Gasteiger partial charge in [0.25, 0.3) is 0 Å². The molecule has 0 bridgehead atoms. The van der Waals surface area contributed by atoms with Crippen LogP contribution in [0.4, 0.5) is 10.4 Å². The van der Waals surface area contributed by atoms with Crippen LogP contribution in [-0.2, 0) is 9.47 Å². The van der Waals surface area contributed by atoms with Crippen LogP contribution in [0.1, 0.15) is 55.1 Å². The molecule has 1 aromatic heterocycles. The molecule has 4 fully saturated rings. The fourth-order valence-corrected chi connectivity index (χ4v) is 6.22. The van der Waals surface area contributed by atoms with Crippen LogP contribution in [0.2, 0.25) is 0 Å². The molecule has 4 aliphatic rings. The maximum atomic E-state index is 14.2. The van der Waals surface area contributed by atoms with Crippen molar-refractivity contribution in [1.82, 2.24) is 15.1 Å². The Bertz CT molecular complexity index is 919. The molecule has 8 heteroatoms. The highest BCUT2D eigenvalue weighted by Gasteiger charge is 2.52. The van der Waals surface area contributed by atoms with E-state index in [-0.39, 0.29) is 11.4 Å². The lowest BCUT2D eigenvalue weighted by Gasteiger charge is -2.46. The molecule has 2 aromatic rings. The van der Waals surface area contributed by atoms with Crippen LogP contribution in [0.15, 0.2) is 29.0 Å². The predicted octanol–water partition coefficient (Wildman–Crippen LogP) is 3.33. The number of halogens is 1. The van der Waals surface area contributed by atoms with Crippen LogP contribution in [0.25, 0.3) is 0 Å². The van der Waals surface area contributed by atoms with Gasteiger partial charge in [0.05, 0.1) is 19.7 Å². The molecule has 1 spiro atoms. The van der Waals surface area contributed by atoms with E-state index in [2.05, 4.69) is 20.0 Å². The van der Waals surface area contributed by atoms with Crippen molar-refractivity contribution in [3.63, 3.8) is 0 Å². The zero-order valence-electron chi connectivity index (χ0n) is 18.4. The van der Waals surface area contributed by atoms with Gasteiger partial charge in [0, 0.05) is 19.3 Å². The Hall–Kier alpha value is -2.03. The summed E-state index contributed by atoms with van der Waals surface area (Å²) in [5.74, 6) is 0.828. The van der Waals surface area contributed by atoms with E-state index in [1.165, 1.54) is 17.5 Å². The highest BCUT2D eigenvalue weighted by Crippen LogP contribution is 2.41. The molecule has 172 valence electrons. The number of piperidine rings is 1. The molecular formula is C24H31FN4O3. The van der Waals surface area contributed by atoms with Crippen molar-refractivity contribution in [2.24, 2.45) is 0 Å². The van der Waals surface area contributed by atoms with Crippen molar-refractivity contribution < 1.29 is 18.3 Å². The predicted molar refractivity (Wildman–Crippen MR) is 116 cm³/mol. The van der Waals surface area contributed by atoms with Gasteiger partial charge in [0.15, 0.2) is 0 Å². The summed E-state index contributed by atoms with van der Waals surface area (Å²) in [6.45, 7) is 6.15. The van der Waals surface area contributed by atoms with Gasteiger partial charge in [-0.25, -0.2) is 4.39 Å². The summed E-state index contributed by atoms with van der Waals surface area (Å²) < 4.78 is 31.3. The molecule has 32 heavy (non-hydrogen) atoms.